The van der Waals surface area contributed by atoms with Crippen LogP contribution in [0.2, 0.25) is 0 Å². The lowest BCUT2D eigenvalue weighted by atomic mass is 9.99. The van der Waals surface area contributed by atoms with Gasteiger partial charge in [0.25, 0.3) is 5.91 Å². The Morgan fingerprint density at radius 3 is 2.68 bits per heavy atom. The van der Waals surface area contributed by atoms with Crippen molar-refractivity contribution in [3.63, 3.8) is 0 Å². The molecular weight excluding hydrogens is 314 g/mol. The van der Waals surface area contributed by atoms with Crippen LogP contribution in [-0.2, 0) is 4.79 Å². The van der Waals surface area contributed by atoms with E-state index in [1.165, 1.54) is 12.8 Å². The highest BCUT2D eigenvalue weighted by molar-refractivity contribution is 5.94. The monoisotopic (exact) mass is 343 g/mol. The van der Waals surface area contributed by atoms with Crippen LogP contribution in [0.1, 0.15) is 42.6 Å². The molecule has 1 saturated heterocycles. The summed E-state index contributed by atoms with van der Waals surface area (Å²) in [4.78, 5) is 26.0. The van der Waals surface area contributed by atoms with Gasteiger partial charge < -0.3 is 10.6 Å². The van der Waals surface area contributed by atoms with Gasteiger partial charge in [-0.3, -0.25) is 14.5 Å². The summed E-state index contributed by atoms with van der Waals surface area (Å²) >= 11 is 0. The van der Waals surface area contributed by atoms with Crippen molar-refractivity contribution in [3.05, 3.63) is 41.5 Å². The molecule has 5 nitrogen and oxygen atoms in total. The number of carbonyl (C=O) groups is 2. The van der Waals surface area contributed by atoms with Crippen LogP contribution in [0.3, 0.4) is 0 Å². The standard InChI is InChI=1S/C20H29N3O2/c1-15-5-4-12-23(14-15)16(2)13-22-19(24)11-8-17-6-9-18(10-7-17)20(25)21-3/h6-11,15-16H,4-5,12-14H2,1-3H3,(H,21,25)(H,22,24)/b11-8+. The highest BCUT2D eigenvalue weighted by Crippen LogP contribution is 2.17. The van der Waals surface area contributed by atoms with E-state index in [0.29, 0.717) is 18.2 Å². The molecule has 2 unspecified atom stereocenters. The molecule has 2 atom stereocenters. The van der Waals surface area contributed by atoms with E-state index in [1.54, 1.807) is 31.3 Å². The van der Waals surface area contributed by atoms with Gasteiger partial charge >= 0.3 is 0 Å². The summed E-state index contributed by atoms with van der Waals surface area (Å²) in [6.45, 7) is 7.35. The fraction of sp³-hybridized carbons (Fsp3) is 0.500. The van der Waals surface area contributed by atoms with Crippen molar-refractivity contribution in [1.29, 1.82) is 0 Å². The van der Waals surface area contributed by atoms with E-state index in [-0.39, 0.29) is 11.8 Å². The molecule has 1 aliphatic rings. The predicted molar refractivity (Wildman–Crippen MR) is 101 cm³/mol. The van der Waals surface area contributed by atoms with Gasteiger partial charge in [-0.15, -0.1) is 0 Å². The third-order valence-electron chi connectivity index (χ3n) is 4.71. The minimum atomic E-state index is -0.116. The maximum absolute atomic E-state index is 12.0. The Bertz CT molecular complexity index is 610. The van der Waals surface area contributed by atoms with Gasteiger partial charge in [0.15, 0.2) is 0 Å². The largest absolute Gasteiger partial charge is 0.355 e. The third-order valence-corrected chi connectivity index (χ3v) is 4.71. The van der Waals surface area contributed by atoms with Crippen LogP contribution in [0.15, 0.2) is 30.3 Å². The molecule has 0 radical (unpaired) electrons. The Kier molecular flexibility index (Phi) is 7.19. The zero-order chi connectivity index (χ0) is 18.2. The summed E-state index contributed by atoms with van der Waals surface area (Å²) in [5.74, 6) is 0.533. The second-order valence-corrected chi connectivity index (χ2v) is 6.87. The SMILES string of the molecule is CNC(=O)c1ccc(/C=C/C(=O)NCC(C)N2CCCC(C)C2)cc1. The van der Waals surface area contributed by atoms with Crippen LogP contribution >= 0.6 is 0 Å². The van der Waals surface area contributed by atoms with Gasteiger partial charge in [0.2, 0.25) is 5.91 Å². The average molecular weight is 343 g/mol. The number of carbonyl (C=O) groups excluding carboxylic acids is 2. The smallest absolute Gasteiger partial charge is 0.251 e. The minimum Gasteiger partial charge on any atom is -0.355 e. The molecule has 25 heavy (non-hydrogen) atoms. The Balaban J connectivity index is 1.79. The van der Waals surface area contributed by atoms with E-state index in [0.717, 1.165) is 24.6 Å². The van der Waals surface area contributed by atoms with E-state index in [9.17, 15) is 9.59 Å². The first-order valence-corrected chi connectivity index (χ1v) is 9.01. The number of rotatable bonds is 6. The normalized spacial score (nSPS) is 19.6. The number of nitrogens with one attached hydrogen (secondary N) is 2. The number of amides is 2. The van der Waals surface area contributed by atoms with Crippen molar-refractivity contribution in [1.82, 2.24) is 15.5 Å². The van der Waals surface area contributed by atoms with Gasteiger partial charge in [0.1, 0.15) is 0 Å². The third kappa shape index (κ3) is 6.02. The molecule has 0 spiro atoms. The van der Waals surface area contributed by atoms with Crippen LogP contribution in [-0.4, -0.2) is 49.4 Å². The minimum absolute atomic E-state index is 0.0905. The lowest BCUT2D eigenvalue weighted by Gasteiger charge is -2.35. The summed E-state index contributed by atoms with van der Waals surface area (Å²) in [6.07, 6.45) is 5.85. The molecule has 1 aliphatic heterocycles. The maximum Gasteiger partial charge on any atom is 0.251 e. The molecule has 1 aromatic rings. The van der Waals surface area contributed by atoms with Crippen molar-refractivity contribution in [2.75, 3.05) is 26.7 Å². The Hall–Kier alpha value is -2.14. The fourth-order valence-electron chi connectivity index (χ4n) is 3.12. The molecule has 5 heteroatoms. The van der Waals surface area contributed by atoms with Gasteiger partial charge in [-0.25, -0.2) is 0 Å². The lowest BCUT2D eigenvalue weighted by Crippen LogP contribution is -2.46. The maximum atomic E-state index is 12.0. The zero-order valence-corrected chi connectivity index (χ0v) is 15.4. The van der Waals surface area contributed by atoms with Crippen LogP contribution in [0.5, 0.6) is 0 Å². The van der Waals surface area contributed by atoms with E-state index >= 15 is 0 Å². The first-order valence-electron chi connectivity index (χ1n) is 9.01. The topological polar surface area (TPSA) is 61.4 Å². The highest BCUT2D eigenvalue weighted by atomic mass is 16.2. The van der Waals surface area contributed by atoms with Gasteiger partial charge in [0.05, 0.1) is 0 Å². The van der Waals surface area contributed by atoms with Crippen LogP contribution < -0.4 is 10.6 Å². The molecule has 0 saturated carbocycles. The molecular formula is C20H29N3O2. The van der Waals surface area contributed by atoms with E-state index in [2.05, 4.69) is 29.4 Å². The second-order valence-electron chi connectivity index (χ2n) is 6.87. The summed E-state index contributed by atoms with van der Waals surface area (Å²) in [5, 5.41) is 5.55. The molecule has 136 valence electrons. The highest BCUT2D eigenvalue weighted by Gasteiger charge is 2.20. The van der Waals surface area contributed by atoms with E-state index in [4.69, 9.17) is 0 Å². The molecule has 0 aromatic heterocycles. The van der Waals surface area contributed by atoms with Crippen molar-refractivity contribution in [3.8, 4) is 0 Å². The quantitative estimate of drug-likeness (QED) is 0.779. The van der Waals surface area contributed by atoms with Crippen LogP contribution in [0.25, 0.3) is 6.08 Å². The number of hydrogen-bond acceptors (Lipinski definition) is 3. The van der Waals surface area contributed by atoms with Crippen molar-refractivity contribution in [2.24, 2.45) is 5.92 Å². The number of piperidine rings is 1. The number of benzene rings is 1. The second kappa shape index (κ2) is 9.37. The summed E-state index contributed by atoms with van der Waals surface area (Å²) in [5.41, 5.74) is 1.49. The summed E-state index contributed by atoms with van der Waals surface area (Å²) in [6, 6.07) is 7.50. The van der Waals surface area contributed by atoms with Crippen LogP contribution in [0.4, 0.5) is 0 Å². The van der Waals surface area contributed by atoms with Crippen molar-refractivity contribution >= 4 is 17.9 Å². The van der Waals surface area contributed by atoms with E-state index < -0.39 is 0 Å². The summed E-state index contributed by atoms with van der Waals surface area (Å²) < 4.78 is 0. The van der Waals surface area contributed by atoms with Crippen molar-refractivity contribution in [2.45, 2.75) is 32.7 Å². The van der Waals surface area contributed by atoms with Gasteiger partial charge in [-0.2, -0.15) is 0 Å². The number of likely N-dealkylation sites (tertiary alicyclic amines) is 1. The molecule has 2 N–H and O–H groups in total. The van der Waals surface area contributed by atoms with Gasteiger partial charge in [0, 0.05) is 37.8 Å². The van der Waals surface area contributed by atoms with Crippen LogP contribution in [0, 0.1) is 5.92 Å². The Labute approximate surface area is 150 Å². The number of hydrogen-bond donors (Lipinski definition) is 2. The Morgan fingerprint density at radius 2 is 2.04 bits per heavy atom. The predicted octanol–water partition coefficient (Wildman–Crippen LogP) is 2.30. The van der Waals surface area contributed by atoms with E-state index in [1.807, 2.05) is 12.1 Å². The van der Waals surface area contributed by atoms with Crippen molar-refractivity contribution < 1.29 is 9.59 Å². The first-order chi connectivity index (χ1) is 12.0. The Morgan fingerprint density at radius 1 is 1.32 bits per heavy atom. The molecule has 2 rings (SSSR count). The molecule has 1 heterocycles. The van der Waals surface area contributed by atoms with Gasteiger partial charge in [-0.1, -0.05) is 19.1 Å². The molecule has 1 aromatic carbocycles. The summed E-state index contributed by atoms with van der Waals surface area (Å²) in [7, 11) is 1.60. The van der Waals surface area contributed by atoms with Gasteiger partial charge in [-0.05, 0) is 56.0 Å². The fourth-order valence-corrected chi connectivity index (χ4v) is 3.12. The molecule has 1 fully saturated rings. The lowest BCUT2D eigenvalue weighted by molar-refractivity contribution is -0.116. The molecule has 0 bridgehead atoms. The first kappa shape index (κ1) is 19.2. The molecule has 0 aliphatic carbocycles. The zero-order valence-electron chi connectivity index (χ0n) is 15.4. The average Bonchev–Trinajstić information content (AvgIpc) is 2.64. The molecule has 2 amide bonds. The number of nitrogens with zero attached hydrogens (tertiary/aromatic N) is 1.